The minimum atomic E-state index is -3.30. The Labute approximate surface area is 112 Å². The quantitative estimate of drug-likeness (QED) is 0.720. The fourth-order valence-corrected chi connectivity index (χ4v) is 4.70. The summed E-state index contributed by atoms with van der Waals surface area (Å²) >= 11 is 0. The molecule has 0 radical (unpaired) electrons. The molecule has 7 heteroatoms. The van der Waals surface area contributed by atoms with E-state index in [1.165, 1.54) is 4.31 Å². The normalized spacial score (nSPS) is 25.3. The van der Waals surface area contributed by atoms with Crippen LogP contribution in [0.4, 0.5) is 0 Å². The molecule has 1 saturated heterocycles. The van der Waals surface area contributed by atoms with E-state index in [9.17, 15) is 12.6 Å². The van der Waals surface area contributed by atoms with Crippen LogP contribution in [0.1, 0.15) is 33.1 Å². The van der Waals surface area contributed by atoms with Crippen LogP contribution in [-0.4, -0.2) is 46.3 Å². The van der Waals surface area contributed by atoms with Crippen LogP contribution in [0.2, 0.25) is 0 Å². The molecule has 1 heterocycles. The summed E-state index contributed by atoms with van der Waals surface area (Å²) in [6.07, 6.45) is 1.23. The molecule has 0 spiro atoms. The fourth-order valence-electron chi connectivity index (χ4n) is 1.82. The number of hydrogen-bond donors (Lipinski definition) is 0. The SMILES string of the molecule is CC1(C)CCN(S(=O)(=O)CCCC#N)CCS1=O. The number of hydrogen-bond acceptors (Lipinski definition) is 4. The summed E-state index contributed by atoms with van der Waals surface area (Å²) < 4.78 is 37.1. The first-order valence-electron chi connectivity index (χ1n) is 6.03. The van der Waals surface area contributed by atoms with E-state index in [2.05, 4.69) is 0 Å². The van der Waals surface area contributed by atoms with Gasteiger partial charge in [-0.2, -0.15) is 5.26 Å². The van der Waals surface area contributed by atoms with Crippen molar-refractivity contribution in [1.82, 2.24) is 4.31 Å². The van der Waals surface area contributed by atoms with Gasteiger partial charge in [-0.3, -0.25) is 4.21 Å². The van der Waals surface area contributed by atoms with Gasteiger partial charge < -0.3 is 0 Å². The van der Waals surface area contributed by atoms with Crippen LogP contribution < -0.4 is 0 Å². The van der Waals surface area contributed by atoms with Crippen LogP contribution in [0, 0.1) is 11.3 Å². The zero-order chi connectivity index (χ0) is 13.8. The predicted octanol–water partition coefficient (Wildman–Crippen LogP) is 0.853. The topological polar surface area (TPSA) is 78.2 Å². The van der Waals surface area contributed by atoms with Gasteiger partial charge in [-0.25, -0.2) is 12.7 Å². The maximum absolute atomic E-state index is 12.0. The molecule has 104 valence electrons. The maximum atomic E-state index is 12.0. The molecule has 18 heavy (non-hydrogen) atoms. The van der Waals surface area contributed by atoms with Gasteiger partial charge in [0.15, 0.2) is 0 Å². The molecule has 0 bridgehead atoms. The van der Waals surface area contributed by atoms with Crippen LogP contribution in [-0.2, 0) is 20.8 Å². The number of unbranched alkanes of at least 4 members (excludes halogenated alkanes) is 1. The smallest absolute Gasteiger partial charge is 0.214 e. The van der Waals surface area contributed by atoms with Gasteiger partial charge in [-0.1, -0.05) is 0 Å². The van der Waals surface area contributed by atoms with Gasteiger partial charge in [-0.15, -0.1) is 0 Å². The largest absolute Gasteiger partial charge is 0.259 e. The number of nitrogens with zero attached hydrogens (tertiary/aromatic N) is 2. The molecule has 1 atom stereocenters. The Kier molecular flexibility index (Phi) is 5.32. The van der Waals surface area contributed by atoms with Gasteiger partial charge in [0, 0.05) is 40.8 Å². The van der Waals surface area contributed by atoms with Gasteiger partial charge in [0.2, 0.25) is 10.0 Å². The first-order chi connectivity index (χ1) is 8.29. The molecule has 0 aromatic heterocycles. The van der Waals surface area contributed by atoms with Crippen LogP contribution in [0.5, 0.6) is 0 Å². The van der Waals surface area contributed by atoms with E-state index in [1.807, 2.05) is 19.9 Å². The van der Waals surface area contributed by atoms with Gasteiger partial charge in [0.05, 0.1) is 11.8 Å². The lowest BCUT2D eigenvalue weighted by Gasteiger charge is -2.22. The van der Waals surface area contributed by atoms with E-state index < -0.39 is 20.8 Å². The van der Waals surface area contributed by atoms with E-state index in [0.29, 0.717) is 31.7 Å². The molecule has 1 aliphatic heterocycles. The first-order valence-corrected chi connectivity index (χ1v) is 8.96. The van der Waals surface area contributed by atoms with Crippen LogP contribution in [0.15, 0.2) is 0 Å². The van der Waals surface area contributed by atoms with E-state index in [4.69, 9.17) is 5.26 Å². The van der Waals surface area contributed by atoms with Crippen molar-refractivity contribution in [2.75, 3.05) is 24.6 Å². The molecule has 1 aliphatic rings. The van der Waals surface area contributed by atoms with Crippen molar-refractivity contribution in [3.05, 3.63) is 0 Å². The molecule has 1 unspecified atom stereocenters. The Morgan fingerprint density at radius 3 is 2.67 bits per heavy atom. The van der Waals surface area contributed by atoms with Crippen molar-refractivity contribution < 1.29 is 12.6 Å². The monoisotopic (exact) mass is 292 g/mol. The van der Waals surface area contributed by atoms with Crippen LogP contribution in [0.25, 0.3) is 0 Å². The van der Waals surface area contributed by atoms with E-state index in [0.717, 1.165) is 0 Å². The molecule has 0 aliphatic carbocycles. The molecule has 0 aromatic carbocycles. The highest BCUT2D eigenvalue weighted by molar-refractivity contribution is 7.89. The Bertz CT molecular complexity index is 451. The average molecular weight is 292 g/mol. The summed E-state index contributed by atoms with van der Waals surface area (Å²) in [5, 5.41) is 8.42. The lowest BCUT2D eigenvalue weighted by molar-refractivity contribution is 0.414. The Hall–Kier alpha value is -0.450. The lowest BCUT2D eigenvalue weighted by atomic mass is 10.1. The number of nitriles is 1. The summed E-state index contributed by atoms with van der Waals surface area (Å²) in [6.45, 7) is 4.57. The van der Waals surface area contributed by atoms with E-state index in [1.54, 1.807) is 0 Å². The summed E-state index contributed by atoms with van der Waals surface area (Å²) in [5.41, 5.74) is 0. The zero-order valence-corrected chi connectivity index (χ0v) is 12.5. The van der Waals surface area contributed by atoms with Crippen molar-refractivity contribution >= 4 is 20.8 Å². The molecule has 0 aromatic rings. The standard InChI is InChI=1S/C11H20N2O3S2/c1-11(2)5-7-13(8-9-17(11)14)18(15,16)10-4-3-6-12/h3-5,7-10H2,1-2H3. The van der Waals surface area contributed by atoms with E-state index >= 15 is 0 Å². The predicted molar refractivity (Wildman–Crippen MR) is 71.9 cm³/mol. The van der Waals surface area contributed by atoms with Gasteiger partial charge in [0.25, 0.3) is 0 Å². The minimum absolute atomic E-state index is 0.00756. The highest BCUT2D eigenvalue weighted by Crippen LogP contribution is 2.23. The van der Waals surface area contributed by atoms with Crippen molar-refractivity contribution in [2.24, 2.45) is 0 Å². The fraction of sp³-hybridized carbons (Fsp3) is 0.909. The molecular formula is C11H20N2O3S2. The van der Waals surface area contributed by atoms with Crippen molar-refractivity contribution in [1.29, 1.82) is 5.26 Å². The Morgan fingerprint density at radius 1 is 1.39 bits per heavy atom. The van der Waals surface area contributed by atoms with Gasteiger partial charge in [0.1, 0.15) is 0 Å². The average Bonchev–Trinajstić information content (AvgIpc) is 2.40. The summed E-state index contributed by atoms with van der Waals surface area (Å²) in [4.78, 5) is 0. The van der Waals surface area contributed by atoms with Crippen molar-refractivity contribution in [3.8, 4) is 6.07 Å². The van der Waals surface area contributed by atoms with Gasteiger partial charge in [-0.05, 0) is 26.7 Å². The number of rotatable bonds is 4. The second-order valence-electron chi connectivity index (χ2n) is 5.04. The molecular weight excluding hydrogens is 272 g/mol. The molecule has 0 amide bonds. The highest BCUT2D eigenvalue weighted by Gasteiger charge is 2.33. The van der Waals surface area contributed by atoms with E-state index in [-0.39, 0.29) is 16.9 Å². The molecule has 1 fully saturated rings. The second-order valence-corrected chi connectivity index (χ2v) is 9.33. The van der Waals surface area contributed by atoms with Gasteiger partial charge >= 0.3 is 0 Å². The zero-order valence-electron chi connectivity index (χ0n) is 10.9. The number of sulfonamides is 1. The highest BCUT2D eigenvalue weighted by atomic mass is 32.2. The third kappa shape index (κ3) is 4.04. The van der Waals surface area contributed by atoms with Crippen molar-refractivity contribution in [2.45, 2.75) is 37.9 Å². The molecule has 1 rings (SSSR count). The third-order valence-corrected chi connectivity index (χ3v) is 7.14. The summed E-state index contributed by atoms with van der Waals surface area (Å²) in [5.74, 6) is 0.401. The van der Waals surface area contributed by atoms with Crippen molar-refractivity contribution in [3.63, 3.8) is 0 Å². The molecule has 0 N–H and O–H groups in total. The third-order valence-electron chi connectivity index (χ3n) is 3.19. The molecule has 5 nitrogen and oxygen atoms in total. The van der Waals surface area contributed by atoms with Crippen LogP contribution >= 0.6 is 0 Å². The first kappa shape index (κ1) is 15.6. The molecule has 0 saturated carbocycles. The lowest BCUT2D eigenvalue weighted by Crippen LogP contribution is -2.35. The van der Waals surface area contributed by atoms with Crippen LogP contribution in [0.3, 0.4) is 0 Å². The Balaban J connectivity index is 2.68. The minimum Gasteiger partial charge on any atom is -0.259 e. The summed E-state index contributed by atoms with van der Waals surface area (Å²) in [7, 11) is -4.29. The Morgan fingerprint density at radius 2 is 2.06 bits per heavy atom. The summed E-state index contributed by atoms with van der Waals surface area (Å²) in [6, 6.07) is 1.94. The maximum Gasteiger partial charge on any atom is 0.214 e. The second kappa shape index (κ2) is 6.13.